The maximum atomic E-state index is 8.89. The predicted octanol–water partition coefficient (Wildman–Crippen LogP) is -4.72. The topological polar surface area (TPSA) is 241 Å². The molecule has 0 aromatic rings. The minimum absolute atomic E-state index is 0. The quantitative estimate of drug-likeness (QED) is 0.187. The third-order valence-electron chi connectivity index (χ3n) is 1.41. The van der Waals surface area contributed by atoms with E-state index in [4.69, 9.17) is 59.4 Å². The number of carboxylic acid groups (broad SMARTS) is 6. The molecule has 0 aliphatic carbocycles. The Bertz CT molecular complexity index is 361. The maximum Gasteiger partial charge on any atom is 4.00 e. The molecular weight excluding hydrogens is 670 g/mol. The van der Waals surface area contributed by atoms with Gasteiger partial charge in [-0.3, -0.25) is 0 Å². The summed E-state index contributed by atoms with van der Waals surface area (Å²) in [6, 6.07) is 0. The average molecular weight is 706 g/mol. The Labute approximate surface area is 229 Å². The number of unbranched alkanes of at least 4 members (excludes halogenated alkanes) is 2. The van der Waals surface area contributed by atoms with Crippen molar-refractivity contribution in [2.45, 2.75) is 89.9 Å². The molecule has 0 aliphatic heterocycles. The van der Waals surface area contributed by atoms with Crippen LogP contribution in [0, 0.1) is 0 Å². The van der Waals surface area contributed by atoms with Crippen LogP contribution in [-0.4, -0.2) is 80.9 Å². The minimum atomic E-state index is -1.08. The zero-order valence-corrected chi connectivity index (χ0v) is 26.8. The van der Waals surface area contributed by atoms with Gasteiger partial charge in [-0.05, 0) is 41.5 Å². The van der Waals surface area contributed by atoms with Crippen LogP contribution < -0.4 is 30.6 Å². The first-order valence-corrected chi connectivity index (χ1v) is 13.6. The zero-order valence-electron chi connectivity index (χ0n) is 21.1. The van der Waals surface area contributed by atoms with E-state index in [2.05, 4.69) is 13.8 Å². The van der Waals surface area contributed by atoms with E-state index in [0.717, 1.165) is 41.5 Å². The van der Waals surface area contributed by atoms with Crippen molar-refractivity contribution in [3.8, 4) is 0 Å². The van der Waals surface area contributed by atoms with Gasteiger partial charge in [-0.1, -0.05) is 0 Å². The maximum absolute atomic E-state index is 8.89. The summed E-state index contributed by atoms with van der Waals surface area (Å²) in [7, 11) is 0. The van der Waals surface area contributed by atoms with Crippen molar-refractivity contribution in [3.05, 3.63) is 0 Å². The summed E-state index contributed by atoms with van der Waals surface area (Å²) >= 11 is 0.149. The number of rotatable bonds is 6. The summed E-state index contributed by atoms with van der Waals surface area (Å²) in [5.74, 6) is -6.50. The third kappa shape index (κ3) is 1350. The Morgan fingerprint density at radius 3 is 0.676 bits per heavy atom. The summed E-state index contributed by atoms with van der Waals surface area (Å²) in [5, 5.41) is 53.3. The molecule has 0 saturated heterocycles. The average Bonchev–Trinajstić information content (AvgIpc) is 2.51. The summed E-state index contributed by atoms with van der Waals surface area (Å²) in [6.45, 7) is 10.4. The van der Waals surface area contributed by atoms with Crippen LogP contribution in [-0.2, 0) is 28.8 Å². The molecule has 0 radical (unpaired) electrons. The smallest absolute Gasteiger partial charge is 4.00 e. The van der Waals surface area contributed by atoms with Gasteiger partial charge in [0.25, 0.3) is 0 Å². The number of hydrogen-bond donors (Lipinski definition) is 0. The van der Waals surface area contributed by atoms with Gasteiger partial charge < -0.3 is 59.4 Å². The second-order valence-electron chi connectivity index (χ2n) is 5.41. The molecule has 0 rings (SSSR count). The summed E-state index contributed by atoms with van der Waals surface area (Å²) < 4.78 is 3.25. The van der Waals surface area contributed by atoms with E-state index >= 15 is 0 Å². The molecule has 0 aromatic carbocycles. The molecule has 0 aliphatic rings. The fourth-order valence-electron chi connectivity index (χ4n) is 0.729. The first-order valence-electron chi connectivity index (χ1n) is 9.57. The second-order valence-corrected chi connectivity index (χ2v) is 9.69. The molecule has 196 valence electrons. The van der Waals surface area contributed by atoms with E-state index in [0.29, 0.717) is 0 Å². The van der Waals surface area contributed by atoms with Crippen molar-refractivity contribution in [2.75, 3.05) is 0 Å². The largest absolute Gasteiger partial charge is 4.00 e. The Morgan fingerprint density at radius 2 is 0.588 bits per heavy atom. The van der Waals surface area contributed by atoms with Crippen LogP contribution >= 0.6 is 0 Å². The zero-order chi connectivity index (χ0) is 28.4. The SMILES string of the molecule is CC(=O)[O-].CC(=O)[O-].CC(=O)[O-].CC(=O)[O-].CC(=O)[O-].CC(=O)[O-].CCC[CH2][Sn+2][CH2]CCC.[Sn+4]. The van der Waals surface area contributed by atoms with Crippen LogP contribution in [0.3, 0.4) is 0 Å². The van der Waals surface area contributed by atoms with Gasteiger partial charge in [0.2, 0.25) is 0 Å². The van der Waals surface area contributed by atoms with Gasteiger partial charge in [0.05, 0.1) is 0 Å². The van der Waals surface area contributed by atoms with E-state index in [-0.39, 0.29) is 45.0 Å². The van der Waals surface area contributed by atoms with E-state index < -0.39 is 35.8 Å². The summed E-state index contributed by atoms with van der Waals surface area (Å²) in [4.78, 5) is 53.3. The van der Waals surface area contributed by atoms with Gasteiger partial charge in [-0.15, -0.1) is 0 Å². The van der Waals surface area contributed by atoms with Crippen LogP contribution in [0.5, 0.6) is 0 Å². The van der Waals surface area contributed by atoms with Crippen molar-refractivity contribution in [1.82, 2.24) is 0 Å². The fraction of sp³-hybridized carbons (Fsp3) is 0.700. The van der Waals surface area contributed by atoms with Crippen molar-refractivity contribution < 1.29 is 59.4 Å². The Hall–Kier alpha value is -1.58. The standard InChI is InChI=1S/2C4H9.6C2H4O2.2Sn/c2*1-3-4-2;6*1-2(3)4;;/h2*1,3-4H2,2H3;6*1H3,(H,3,4);;/q;;;;;;;;+2;+4/p-6. The summed E-state index contributed by atoms with van der Waals surface area (Å²) in [6.07, 6.45) is 5.84. The predicted molar refractivity (Wildman–Crippen MR) is 115 cm³/mol. The van der Waals surface area contributed by atoms with Gasteiger partial charge in [0, 0.05) is 35.8 Å². The van der Waals surface area contributed by atoms with Crippen LogP contribution in [0.1, 0.15) is 81.1 Å². The van der Waals surface area contributed by atoms with E-state index in [1.807, 2.05) is 0 Å². The van der Waals surface area contributed by atoms with Gasteiger partial charge >= 0.3 is 93.5 Å². The van der Waals surface area contributed by atoms with Crippen LogP contribution in [0.4, 0.5) is 0 Å². The molecule has 0 unspecified atom stereocenters. The van der Waals surface area contributed by atoms with Crippen LogP contribution in [0.25, 0.3) is 0 Å². The van der Waals surface area contributed by atoms with Crippen LogP contribution in [0.2, 0.25) is 8.87 Å². The number of carbonyl (C=O) groups is 6. The van der Waals surface area contributed by atoms with Gasteiger partial charge in [0.15, 0.2) is 0 Å². The van der Waals surface area contributed by atoms with E-state index in [1.54, 1.807) is 8.87 Å². The summed E-state index contributed by atoms with van der Waals surface area (Å²) in [5.41, 5.74) is 0. The Kier molecular flexibility index (Phi) is 83.7. The normalized spacial score (nSPS) is 6.82. The third-order valence-corrected chi connectivity index (χ3v) is 5.45. The fourth-order valence-corrected chi connectivity index (χ4v) is 4.89. The molecule has 0 fully saturated rings. The molecule has 0 heterocycles. The van der Waals surface area contributed by atoms with Gasteiger partial charge in [-0.2, -0.15) is 0 Å². The van der Waals surface area contributed by atoms with Crippen molar-refractivity contribution in [1.29, 1.82) is 0 Å². The number of aliphatic carboxylic acids is 6. The van der Waals surface area contributed by atoms with E-state index in [9.17, 15) is 0 Å². The molecule has 0 amide bonds. The molecule has 34 heavy (non-hydrogen) atoms. The first kappa shape index (κ1) is 53.7. The number of carboxylic acids is 6. The molecular formula is C20H36O12Sn2. The monoisotopic (exact) mass is 708 g/mol. The first-order chi connectivity index (χ1) is 14.8. The Morgan fingerprint density at radius 1 is 0.471 bits per heavy atom. The second kappa shape index (κ2) is 53.0. The number of hydrogen-bond acceptors (Lipinski definition) is 12. The van der Waals surface area contributed by atoms with E-state index in [1.165, 1.54) is 25.7 Å². The van der Waals surface area contributed by atoms with Gasteiger partial charge in [0.1, 0.15) is 0 Å². The van der Waals surface area contributed by atoms with Crippen molar-refractivity contribution in [2.24, 2.45) is 0 Å². The molecule has 0 bridgehead atoms. The molecule has 0 aromatic heterocycles. The molecule has 0 saturated carbocycles. The molecule has 0 N–H and O–H groups in total. The van der Waals surface area contributed by atoms with Crippen LogP contribution in [0.15, 0.2) is 0 Å². The minimum Gasteiger partial charge on any atom is 4.00 e. The number of carbonyl (C=O) groups excluding carboxylic acids is 6. The molecule has 12 nitrogen and oxygen atoms in total. The van der Waals surface area contributed by atoms with Gasteiger partial charge in [-0.25, -0.2) is 0 Å². The van der Waals surface area contributed by atoms with Crippen molar-refractivity contribution >= 4 is 80.9 Å². The van der Waals surface area contributed by atoms with Crippen molar-refractivity contribution in [3.63, 3.8) is 0 Å². The molecule has 14 heteroatoms. The Balaban J connectivity index is -0.0000000399. The molecule has 0 spiro atoms. The molecule has 0 atom stereocenters.